The molecule has 0 aliphatic rings. The molecule has 4 rings (SSSR count). The molecule has 0 fully saturated rings. The molecular weight excluding hydrogens is 416 g/mol. The number of hydrogen-bond acceptors (Lipinski definition) is 4. The molecule has 0 amide bonds. The molecule has 0 unspecified atom stereocenters. The molecule has 8 heteroatoms. The fourth-order valence-corrected chi connectivity index (χ4v) is 3.36. The van der Waals surface area contributed by atoms with Crippen LogP contribution >= 0.6 is 0 Å². The molecule has 0 spiro atoms. The number of fused-ring (bicyclic) bond motifs is 2. The van der Waals surface area contributed by atoms with Crippen LogP contribution in [0.2, 0.25) is 0 Å². The zero-order chi connectivity index (χ0) is 23.4. The van der Waals surface area contributed by atoms with Crippen molar-refractivity contribution in [1.82, 2.24) is 0 Å². The Morgan fingerprint density at radius 2 is 0.781 bits per heavy atom. The molecule has 4 aromatic carbocycles. The van der Waals surface area contributed by atoms with Crippen LogP contribution in [-0.4, -0.2) is 44.3 Å². The molecule has 0 aromatic heterocycles. The van der Waals surface area contributed by atoms with Gasteiger partial charge in [-0.2, -0.15) is 0 Å². The van der Waals surface area contributed by atoms with Gasteiger partial charge in [0.1, 0.15) is 0 Å². The van der Waals surface area contributed by atoms with E-state index in [1.165, 1.54) is 12.1 Å². The molecule has 0 heterocycles. The maximum atomic E-state index is 11.1. The molecule has 32 heavy (non-hydrogen) atoms. The van der Waals surface area contributed by atoms with Crippen LogP contribution in [-0.2, 0) is 0 Å². The van der Waals surface area contributed by atoms with Crippen molar-refractivity contribution in [2.75, 3.05) is 0 Å². The number of carboxylic acid groups (broad SMARTS) is 4. The van der Waals surface area contributed by atoms with Gasteiger partial charge in [-0.1, -0.05) is 60.7 Å². The summed E-state index contributed by atoms with van der Waals surface area (Å²) in [7, 11) is 0. The molecule has 0 saturated carbocycles. The van der Waals surface area contributed by atoms with Gasteiger partial charge in [-0.05, 0) is 33.7 Å². The van der Waals surface area contributed by atoms with Gasteiger partial charge in [-0.25, -0.2) is 19.2 Å². The van der Waals surface area contributed by atoms with E-state index in [2.05, 4.69) is 0 Å². The van der Waals surface area contributed by atoms with E-state index >= 15 is 0 Å². The van der Waals surface area contributed by atoms with Gasteiger partial charge in [0.2, 0.25) is 0 Å². The summed E-state index contributed by atoms with van der Waals surface area (Å²) >= 11 is 0. The highest BCUT2D eigenvalue weighted by molar-refractivity contribution is 6.12. The highest BCUT2D eigenvalue weighted by Crippen LogP contribution is 2.23. The topological polar surface area (TPSA) is 149 Å². The number of aromatic carboxylic acids is 4. The van der Waals surface area contributed by atoms with Crippen molar-refractivity contribution in [1.29, 1.82) is 0 Å². The first-order valence-electron chi connectivity index (χ1n) is 9.19. The van der Waals surface area contributed by atoms with E-state index in [-0.39, 0.29) is 22.3 Å². The van der Waals surface area contributed by atoms with Gasteiger partial charge in [0.05, 0.1) is 22.3 Å². The molecule has 0 atom stereocenters. The molecule has 8 nitrogen and oxygen atoms in total. The Labute approximate surface area is 180 Å². The molecule has 0 aliphatic heterocycles. The van der Waals surface area contributed by atoms with E-state index in [1.54, 1.807) is 60.7 Å². The molecule has 0 radical (unpaired) electrons. The molecule has 0 aliphatic carbocycles. The smallest absolute Gasteiger partial charge is 0.337 e. The summed E-state index contributed by atoms with van der Waals surface area (Å²) in [4.78, 5) is 44.0. The van der Waals surface area contributed by atoms with Crippen LogP contribution < -0.4 is 0 Å². The molecule has 160 valence electrons. The highest BCUT2D eigenvalue weighted by Gasteiger charge is 2.19. The van der Waals surface area contributed by atoms with Crippen LogP contribution in [0.1, 0.15) is 41.4 Å². The van der Waals surface area contributed by atoms with Crippen molar-refractivity contribution >= 4 is 45.4 Å². The third-order valence-corrected chi connectivity index (χ3v) is 4.75. The van der Waals surface area contributed by atoms with Crippen molar-refractivity contribution in [3.8, 4) is 0 Å². The average molecular weight is 432 g/mol. The van der Waals surface area contributed by atoms with Gasteiger partial charge >= 0.3 is 23.9 Å². The number of rotatable bonds is 4. The summed E-state index contributed by atoms with van der Waals surface area (Å²) in [6, 6.07) is 19.4. The Morgan fingerprint density at radius 3 is 1.09 bits per heavy atom. The average Bonchev–Trinajstić information content (AvgIpc) is 2.77. The second-order valence-electron chi connectivity index (χ2n) is 6.64. The fraction of sp³-hybridized carbons (Fsp3) is 0. The SMILES string of the molecule is O=C(O)c1ccc2ccccc2c1C(=O)O.O=C(O)c1ccc2ccccc2c1C(=O)O. The Morgan fingerprint density at radius 1 is 0.438 bits per heavy atom. The Bertz CT molecular complexity index is 1280. The molecule has 0 saturated heterocycles. The third kappa shape index (κ3) is 4.24. The lowest BCUT2D eigenvalue weighted by Crippen LogP contribution is -2.08. The first-order valence-corrected chi connectivity index (χ1v) is 9.19. The second-order valence-corrected chi connectivity index (χ2v) is 6.64. The lowest BCUT2D eigenvalue weighted by Gasteiger charge is -2.05. The first-order chi connectivity index (χ1) is 15.2. The third-order valence-electron chi connectivity index (χ3n) is 4.75. The summed E-state index contributed by atoms with van der Waals surface area (Å²) in [5.41, 5.74) is -0.700. The van der Waals surface area contributed by atoms with Crippen LogP contribution in [0.3, 0.4) is 0 Å². The summed E-state index contributed by atoms with van der Waals surface area (Å²) < 4.78 is 0. The van der Waals surface area contributed by atoms with Crippen LogP contribution in [0.5, 0.6) is 0 Å². The zero-order valence-corrected chi connectivity index (χ0v) is 16.4. The summed E-state index contributed by atoms with van der Waals surface area (Å²) in [5, 5.41) is 38.2. The minimum atomic E-state index is -1.23. The van der Waals surface area contributed by atoms with E-state index in [4.69, 9.17) is 20.4 Å². The lowest BCUT2D eigenvalue weighted by molar-refractivity contribution is 0.0653. The quantitative estimate of drug-likeness (QED) is 0.369. The van der Waals surface area contributed by atoms with Gasteiger partial charge < -0.3 is 20.4 Å². The van der Waals surface area contributed by atoms with Crippen LogP contribution in [0.15, 0.2) is 72.8 Å². The molecule has 4 N–H and O–H groups in total. The van der Waals surface area contributed by atoms with Gasteiger partial charge in [-0.15, -0.1) is 0 Å². The van der Waals surface area contributed by atoms with Crippen LogP contribution in [0.4, 0.5) is 0 Å². The van der Waals surface area contributed by atoms with E-state index in [1.807, 2.05) is 0 Å². The largest absolute Gasteiger partial charge is 0.478 e. The van der Waals surface area contributed by atoms with E-state index in [0.29, 0.717) is 21.5 Å². The van der Waals surface area contributed by atoms with Gasteiger partial charge in [0.25, 0.3) is 0 Å². The van der Waals surface area contributed by atoms with Crippen molar-refractivity contribution in [2.45, 2.75) is 0 Å². The van der Waals surface area contributed by atoms with Crippen molar-refractivity contribution in [2.24, 2.45) is 0 Å². The fourth-order valence-electron chi connectivity index (χ4n) is 3.36. The maximum Gasteiger partial charge on any atom is 0.337 e. The van der Waals surface area contributed by atoms with Gasteiger partial charge in [0.15, 0.2) is 0 Å². The van der Waals surface area contributed by atoms with E-state index < -0.39 is 23.9 Å². The summed E-state index contributed by atoms with van der Waals surface area (Å²) in [6.07, 6.45) is 0. The second kappa shape index (κ2) is 8.97. The molecule has 4 aromatic rings. The zero-order valence-electron chi connectivity index (χ0n) is 16.4. The number of carboxylic acids is 4. The van der Waals surface area contributed by atoms with Gasteiger partial charge in [0, 0.05) is 0 Å². The normalized spacial score (nSPS) is 10.2. The van der Waals surface area contributed by atoms with Crippen molar-refractivity contribution in [3.05, 3.63) is 95.1 Å². The van der Waals surface area contributed by atoms with Crippen molar-refractivity contribution < 1.29 is 39.6 Å². The number of benzene rings is 4. The van der Waals surface area contributed by atoms with Crippen molar-refractivity contribution in [3.63, 3.8) is 0 Å². The lowest BCUT2D eigenvalue weighted by atomic mass is 9.99. The summed E-state index contributed by atoms with van der Waals surface area (Å²) in [5.74, 6) is -4.92. The monoisotopic (exact) mass is 432 g/mol. The minimum absolute atomic E-state index is 0.161. The first kappa shape index (κ1) is 22.0. The van der Waals surface area contributed by atoms with Crippen LogP contribution in [0, 0.1) is 0 Å². The standard InChI is InChI=1S/2C12H8O4/c2*13-11(14)9-6-5-7-3-1-2-4-8(7)10(9)12(15)16/h2*1-6H,(H,13,14)(H,15,16). The number of hydrogen-bond donors (Lipinski definition) is 4. The predicted octanol–water partition coefficient (Wildman–Crippen LogP) is 4.47. The molecular formula is C24H16O8. The van der Waals surface area contributed by atoms with Crippen LogP contribution in [0.25, 0.3) is 21.5 Å². The Hall–Kier alpha value is -4.72. The van der Waals surface area contributed by atoms with E-state index in [9.17, 15) is 19.2 Å². The van der Waals surface area contributed by atoms with E-state index in [0.717, 1.165) is 0 Å². The number of carbonyl (C=O) groups is 4. The Kier molecular flexibility index (Phi) is 6.16. The summed E-state index contributed by atoms with van der Waals surface area (Å²) in [6.45, 7) is 0. The minimum Gasteiger partial charge on any atom is -0.478 e. The predicted molar refractivity (Wildman–Crippen MR) is 116 cm³/mol. The highest BCUT2D eigenvalue weighted by atomic mass is 16.4. The molecule has 0 bridgehead atoms. The maximum absolute atomic E-state index is 11.1. The Balaban J connectivity index is 0.000000181. The van der Waals surface area contributed by atoms with Gasteiger partial charge in [-0.3, -0.25) is 0 Å².